The fourth-order valence-electron chi connectivity index (χ4n) is 2.73. The molecule has 0 saturated heterocycles. The molecule has 0 radical (unpaired) electrons. The predicted molar refractivity (Wildman–Crippen MR) is 73.8 cm³/mol. The van der Waals surface area contributed by atoms with E-state index in [1.165, 1.54) is 0 Å². The molecule has 1 rings (SSSR count). The van der Waals surface area contributed by atoms with Gasteiger partial charge in [-0.05, 0) is 25.3 Å². The first-order chi connectivity index (χ1) is 8.91. The predicted octanol–water partition coefficient (Wildman–Crippen LogP) is 1.38. The van der Waals surface area contributed by atoms with Crippen LogP contribution in [-0.4, -0.2) is 35.6 Å². The van der Waals surface area contributed by atoms with Gasteiger partial charge in [0.1, 0.15) is 5.54 Å². The Morgan fingerprint density at radius 1 is 1.47 bits per heavy atom. The van der Waals surface area contributed by atoms with Gasteiger partial charge in [-0.1, -0.05) is 33.6 Å². The summed E-state index contributed by atoms with van der Waals surface area (Å²) in [5.74, 6) is -0.942. The summed E-state index contributed by atoms with van der Waals surface area (Å²) in [6.07, 6.45) is 2.96. The maximum Gasteiger partial charge on any atom is 0.329 e. The zero-order valence-electron chi connectivity index (χ0n) is 12.2. The number of hydrogen-bond donors (Lipinski definition) is 3. The molecule has 0 spiro atoms. The molecular formula is C14H26N2O3. The van der Waals surface area contributed by atoms with Gasteiger partial charge in [0.25, 0.3) is 0 Å². The minimum absolute atomic E-state index is 0.169. The van der Waals surface area contributed by atoms with Gasteiger partial charge in [0.2, 0.25) is 5.91 Å². The van der Waals surface area contributed by atoms with Gasteiger partial charge in [-0.25, -0.2) is 4.79 Å². The third-order valence-electron chi connectivity index (χ3n) is 3.92. The van der Waals surface area contributed by atoms with Crippen molar-refractivity contribution in [2.75, 3.05) is 13.1 Å². The molecule has 0 bridgehead atoms. The standard InChI is InChI=1S/C14H26N2O3/c1-4-15-9-11(3)12(17)16-14(13(18)19)7-5-6-10(2)8-14/h10-11,15H,4-9H2,1-3H3,(H,16,17)(H,18,19). The van der Waals surface area contributed by atoms with Crippen LogP contribution < -0.4 is 10.6 Å². The van der Waals surface area contributed by atoms with Crippen LogP contribution in [0, 0.1) is 11.8 Å². The third-order valence-corrected chi connectivity index (χ3v) is 3.92. The Kier molecular flexibility index (Phi) is 5.79. The number of rotatable bonds is 6. The molecule has 1 saturated carbocycles. The zero-order chi connectivity index (χ0) is 14.5. The van der Waals surface area contributed by atoms with E-state index in [0.717, 1.165) is 19.4 Å². The molecular weight excluding hydrogens is 244 g/mol. The summed E-state index contributed by atoms with van der Waals surface area (Å²) in [7, 11) is 0. The summed E-state index contributed by atoms with van der Waals surface area (Å²) in [6, 6.07) is 0. The molecule has 0 aromatic heterocycles. The van der Waals surface area contributed by atoms with Gasteiger partial charge in [0.05, 0.1) is 0 Å². The highest BCUT2D eigenvalue weighted by molar-refractivity contribution is 5.88. The second kappa shape index (κ2) is 6.89. The number of hydrogen-bond acceptors (Lipinski definition) is 3. The Labute approximate surface area is 115 Å². The van der Waals surface area contributed by atoms with Gasteiger partial charge in [-0.15, -0.1) is 0 Å². The van der Waals surface area contributed by atoms with Gasteiger partial charge in [0, 0.05) is 12.5 Å². The SMILES string of the molecule is CCNCC(C)C(=O)NC1(C(=O)O)CCCC(C)C1. The Hall–Kier alpha value is -1.10. The topological polar surface area (TPSA) is 78.4 Å². The maximum atomic E-state index is 12.1. The van der Waals surface area contributed by atoms with Crippen LogP contribution in [0.4, 0.5) is 0 Å². The average molecular weight is 270 g/mol. The number of carboxylic acid groups (broad SMARTS) is 1. The summed E-state index contributed by atoms with van der Waals surface area (Å²) in [4.78, 5) is 23.7. The minimum atomic E-state index is -1.06. The first-order valence-corrected chi connectivity index (χ1v) is 7.17. The molecule has 19 heavy (non-hydrogen) atoms. The molecule has 1 aliphatic carbocycles. The highest BCUT2D eigenvalue weighted by Gasteiger charge is 2.43. The Bertz CT molecular complexity index is 333. The zero-order valence-corrected chi connectivity index (χ0v) is 12.2. The smallest absolute Gasteiger partial charge is 0.329 e. The summed E-state index contributed by atoms with van der Waals surface area (Å²) in [5, 5.41) is 15.4. The lowest BCUT2D eigenvalue weighted by Gasteiger charge is -2.37. The largest absolute Gasteiger partial charge is 0.480 e. The molecule has 1 amide bonds. The lowest BCUT2D eigenvalue weighted by atomic mass is 9.76. The van der Waals surface area contributed by atoms with E-state index in [1.54, 1.807) is 0 Å². The Morgan fingerprint density at radius 2 is 2.16 bits per heavy atom. The molecule has 5 nitrogen and oxygen atoms in total. The fraction of sp³-hybridized carbons (Fsp3) is 0.857. The molecule has 5 heteroatoms. The minimum Gasteiger partial charge on any atom is -0.480 e. The van der Waals surface area contributed by atoms with E-state index < -0.39 is 11.5 Å². The first-order valence-electron chi connectivity index (χ1n) is 7.17. The van der Waals surface area contributed by atoms with Crippen LogP contribution in [0.1, 0.15) is 46.5 Å². The average Bonchev–Trinajstić information content (AvgIpc) is 2.35. The molecule has 0 heterocycles. The van der Waals surface area contributed by atoms with Crippen molar-refractivity contribution in [3.63, 3.8) is 0 Å². The molecule has 3 atom stereocenters. The number of carbonyl (C=O) groups excluding carboxylic acids is 1. The Balaban J connectivity index is 2.68. The van der Waals surface area contributed by atoms with Crippen LogP contribution >= 0.6 is 0 Å². The van der Waals surface area contributed by atoms with E-state index in [0.29, 0.717) is 25.3 Å². The van der Waals surface area contributed by atoms with Crippen molar-refractivity contribution in [1.29, 1.82) is 0 Å². The van der Waals surface area contributed by atoms with Gasteiger partial charge in [-0.2, -0.15) is 0 Å². The third kappa shape index (κ3) is 4.20. The van der Waals surface area contributed by atoms with Crippen LogP contribution in [0.3, 0.4) is 0 Å². The fourth-order valence-corrected chi connectivity index (χ4v) is 2.73. The molecule has 3 unspecified atom stereocenters. The van der Waals surface area contributed by atoms with Crippen molar-refractivity contribution < 1.29 is 14.7 Å². The quantitative estimate of drug-likeness (QED) is 0.681. The van der Waals surface area contributed by atoms with Crippen LogP contribution in [0.2, 0.25) is 0 Å². The van der Waals surface area contributed by atoms with Gasteiger partial charge in [-0.3, -0.25) is 4.79 Å². The number of carboxylic acids is 1. The number of amides is 1. The summed E-state index contributed by atoms with van der Waals surface area (Å²) in [5.41, 5.74) is -1.06. The second-order valence-corrected chi connectivity index (χ2v) is 5.79. The van der Waals surface area contributed by atoms with Crippen LogP contribution in [0.25, 0.3) is 0 Å². The van der Waals surface area contributed by atoms with E-state index in [9.17, 15) is 14.7 Å². The molecule has 1 aliphatic rings. The van der Waals surface area contributed by atoms with E-state index in [-0.39, 0.29) is 11.8 Å². The molecule has 1 fully saturated rings. The van der Waals surface area contributed by atoms with E-state index in [1.807, 2.05) is 20.8 Å². The highest BCUT2D eigenvalue weighted by atomic mass is 16.4. The lowest BCUT2D eigenvalue weighted by Crippen LogP contribution is -2.58. The summed E-state index contributed by atoms with van der Waals surface area (Å²) < 4.78 is 0. The Morgan fingerprint density at radius 3 is 2.68 bits per heavy atom. The van der Waals surface area contributed by atoms with Crippen molar-refractivity contribution in [1.82, 2.24) is 10.6 Å². The number of carbonyl (C=O) groups is 2. The lowest BCUT2D eigenvalue weighted by molar-refractivity contribution is -0.150. The molecule has 0 aromatic rings. The number of aliphatic carboxylic acids is 1. The van der Waals surface area contributed by atoms with Gasteiger partial charge in [0.15, 0.2) is 0 Å². The molecule has 0 aromatic carbocycles. The molecule has 3 N–H and O–H groups in total. The molecule has 110 valence electrons. The van der Waals surface area contributed by atoms with Crippen LogP contribution in [0.5, 0.6) is 0 Å². The molecule has 0 aliphatic heterocycles. The first kappa shape index (κ1) is 16.0. The van der Waals surface area contributed by atoms with Crippen molar-refractivity contribution >= 4 is 11.9 Å². The van der Waals surface area contributed by atoms with Crippen molar-refractivity contribution in [2.24, 2.45) is 11.8 Å². The van der Waals surface area contributed by atoms with E-state index in [4.69, 9.17) is 0 Å². The maximum absolute atomic E-state index is 12.1. The second-order valence-electron chi connectivity index (χ2n) is 5.79. The highest BCUT2D eigenvalue weighted by Crippen LogP contribution is 2.32. The van der Waals surface area contributed by atoms with Crippen LogP contribution in [0.15, 0.2) is 0 Å². The van der Waals surface area contributed by atoms with Crippen molar-refractivity contribution in [3.8, 4) is 0 Å². The van der Waals surface area contributed by atoms with E-state index >= 15 is 0 Å². The van der Waals surface area contributed by atoms with Gasteiger partial charge < -0.3 is 15.7 Å². The van der Waals surface area contributed by atoms with Crippen molar-refractivity contribution in [3.05, 3.63) is 0 Å². The normalized spacial score (nSPS) is 28.7. The van der Waals surface area contributed by atoms with Crippen molar-refractivity contribution in [2.45, 2.75) is 52.0 Å². The van der Waals surface area contributed by atoms with E-state index in [2.05, 4.69) is 10.6 Å². The monoisotopic (exact) mass is 270 g/mol. The van der Waals surface area contributed by atoms with Gasteiger partial charge >= 0.3 is 5.97 Å². The number of nitrogens with one attached hydrogen (secondary N) is 2. The summed E-state index contributed by atoms with van der Waals surface area (Å²) in [6.45, 7) is 7.23. The van der Waals surface area contributed by atoms with Crippen LogP contribution in [-0.2, 0) is 9.59 Å². The summed E-state index contributed by atoms with van der Waals surface area (Å²) >= 11 is 0.